The lowest BCUT2D eigenvalue weighted by Crippen LogP contribution is -2.32. The number of unbranched alkanes of at least 4 members (excludes halogenated alkanes) is 1. The molecule has 0 aromatic carbocycles. The Morgan fingerprint density at radius 2 is 2.25 bits per heavy atom. The first-order valence-electron chi connectivity index (χ1n) is 6.38. The molecule has 0 aromatic heterocycles. The zero-order valence-electron chi connectivity index (χ0n) is 10.8. The van der Waals surface area contributed by atoms with Gasteiger partial charge in [-0.25, -0.2) is 4.79 Å². The molecular weight excluding hydrogens is 200 g/mol. The molecule has 16 heavy (non-hydrogen) atoms. The predicted molar refractivity (Wildman–Crippen MR) is 66.2 cm³/mol. The molecule has 92 valence electrons. The molecule has 2 unspecified atom stereocenters. The summed E-state index contributed by atoms with van der Waals surface area (Å²) in [5, 5.41) is 0. The third-order valence-electron chi connectivity index (χ3n) is 3.46. The zero-order chi connectivity index (χ0) is 12.2. The lowest BCUT2D eigenvalue weighted by atomic mass is 9.93. The predicted octanol–water partition coefficient (Wildman–Crippen LogP) is 3.85. The van der Waals surface area contributed by atoms with Crippen molar-refractivity contribution in [3.8, 4) is 0 Å². The van der Waals surface area contributed by atoms with Gasteiger partial charge in [-0.1, -0.05) is 26.8 Å². The van der Waals surface area contributed by atoms with Crippen LogP contribution in [0.5, 0.6) is 0 Å². The number of hydrogen-bond donors (Lipinski definition) is 0. The topological polar surface area (TPSA) is 26.3 Å². The average Bonchev–Trinajstić information content (AvgIpc) is 2.57. The molecule has 1 fully saturated rings. The molecule has 1 aliphatic rings. The molecule has 1 saturated carbocycles. The molecule has 2 heteroatoms. The summed E-state index contributed by atoms with van der Waals surface area (Å²) >= 11 is 0. The maximum Gasteiger partial charge on any atom is 0.333 e. The lowest BCUT2D eigenvalue weighted by Gasteiger charge is -2.29. The standard InChI is InChI=1S/C14H24O2/c1-5-6-8-14(9-7-12(4)10-14)16-13(15)11(2)3/h12H,2,5-10H2,1,3-4H3. The van der Waals surface area contributed by atoms with Crippen LogP contribution in [0.3, 0.4) is 0 Å². The van der Waals surface area contributed by atoms with E-state index in [0.29, 0.717) is 11.5 Å². The molecule has 1 rings (SSSR count). The minimum Gasteiger partial charge on any atom is -0.456 e. The Kier molecular flexibility index (Phi) is 4.57. The van der Waals surface area contributed by atoms with Crippen LogP contribution in [-0.2, 0) is 9.53 Å². The SMILES string of the molecule is C=C(C)C(=O)OC1(CCCC)CCC(C)C1. The molecule has 2 atom stereocenters. The Morgan fingerprint density at radius 1 is 1.56 bits per heavy atom. The summed E-state index contributed by atoms with van der Waals surface area (Å²) in [5.74, 6) is 0.458. The molecule has 0 aromatic rings. The molecule has 0 heterocycles. The zero-order valence-corrected chi connectivity index (χ0v) is 10.8. The molecule has 0 amide bonds. The third-order valence-corrected chi connectivity index (χ3v) is 3.46. The Morgan fingerprint density at radius 3 is 2.69 bits per heavy atom. The normalized spacial score (nSPS) is 29.1. The van der Waals surface area contributed by atoms with Crippen LogP contribution in [0.1, 0.15) is 59.3 Å². The number of esters is 1. The summed E-state index contributed by atoms with van der Waals surface area (Å²) < 4.78 is 5.69. The number of carbonyl (C=O) groups excluding carboxylic acids is 1. The van der Waals surface area contributed by atoms with Crippen LogP contribution in [0.25, 0.3) is 0 Å². The summed E-state index contributed by atoms with van der Waals surface area (Å²) in [4.78, 5) is 11.7. The van der Waals surface area contributed by atoms with Crippen molar-refractivity contribution < 1.29 is 9.53 Å². The molecule has 0 spiro atoms. The minimum absolute atomic E-state index is 0.189. The summed E-state index contributed by atoms with van der Waals surface area (Å²) in [5.41, 5.74) is 0.321. The molecule has 0 saturated heterocycles. The molecule has 0 radical (unpaired) electrons. The van der Waals surface area contributed by atoms with Gasteiger partial charge in [0.25, 0.3) is 0 Å². The van der Waals surface area contributed by atoms with E-state index < -0.39 is 0 Å². The first-order valence-corrected chi connectivity index (χ1v) is 6.38. The maximum absolute atomic E-state index is 11.7. The number of rotatable bonds is 5. The van der Waals surface area contributed by atoms with Gasteiger partial charge in [0.1, 0.15) is 5.60 Å². The second-order valence-corrected chi connectivity index (χ2v) is 5.30. The highest BCUT2D eigenvalue weighted by Gasteiger charge is 2.40. The van der Waals surface area contributed by atoms with Crippen LogP contribution in [0.15, 0.2) is 12.2 Å². The van der Waals surface area contributed by atoms with Crippen molar-refractivity contribution in [2.75, 3.05) is 0 Å². The fraction of sp³-hybridized carbons (Fsp3) is 0.786. The van der Waals surface area contributed by atoms with Crippen LogP contribution in [0.2, 0.25) is 0 Å². The Hall–Kier alpha value is -0.790. The lowest BCUT2D eigenvalue weighted by molar-refractivity contribution is -0.155. The van der Waals surface area contributed by atoms with E-state index in [2.05, 4.69) is 20.4 Å². The molecule has 1 aliphatic carbocycles. The number of hydrogen-bond acceptors (Lipinski definition) is 2. The minimum atomic E-state index is -0.217. The van der Waals surface area contributed by atoms with Gasteiger partial charge in [0.2, 0.25) is 0 Å². The van der Waals surface area contributed by atoms with Crippen LogP contribution in [-0.4, -0.2) is 11.6 Å². The van der Waals surface area contributed by atoms with Crippen LogP contribution in [0, 0.1) is 5.92 Å². The van der Waals surface area contributed by atoms with E-state index in [1.807, 2.05) is 0 Å². The molecule has 2 nitrogen and oxygen atoms in total. The highest BCUT2D eigenvalue weighted by atomic mass is 16.6. The van der Waals surface area contributed by atoms with Crippen LogP contribution < -0.4 is 0 Å². The van der Waals surface area contributed by atoms with Crippen molar-refractivity contribution in [3.05, 3.63) is 12.2 Å². The van der Waals surface area contributed by atoms with Gasteiger partial charge in [-0.15, -0.1) is 0 Å². The number of ether oxygens (including phenoxy) is 1. The largest absolute Gasteiger partial charge is 0.456 e. The quantitative estimate of drug-likeness (QED) is 0.523. The second-order valence-electron chi connectivity index (χ2n) is 5.30. The van der Waals surface area contributed by atoms with E-state index in [4.69, 9.17) is 4.74 Å². The van der Waals surface area contributed by atoms with Gasteiger partial charge < -0.3 is 4.74 Å². The molecule has 0 aliphatic heterocycles. The third kappa shape index (κ3) is 3.36. The summed E-state index contributed by atoms with van der Waals surface area (Å²) in [6.45, 7) is 9.78. The summed E-state index contributed by atoms with van der Waals surface area (Å²) in [6, 6.07) is 0. The summed E-state index contributed by atoms with van der Waals surface area (Å²) in [7, 11) is 0. The van der Waals surface area contributed by atoms with Crippen LogP contribution in [0.4, 0.5) is 0 Å². The van der Waals surface area contributed by atoms with E-state index in [1.165, 1.54) is 6.42 Å². The van der Waals surface area contributed by atoms with Gasteiger partial charge in [-0.3, -0.25) is 0 Å². The van der Waals surface area contributed by atoms with Gasteiger partial charge in [-0.2, -0.15) is 0 Å². The first kappa shape index (κ1) is 13.3. The first-order chi connectivity index (χ1) is 7.49. The van der Waals surface area contributed by atoms with Crippen LogP contribution >= 0.6 is 0 Å². The van der Waals surface area contributed by atoms with Crippen molar-refractivity contribution in [3.63, 3.8) is 0 Å². The second kappa shape index (κ2) is 5.51. The highest BCUT2D eigenvalue weighted by Crippen LogP contribution is 2.41. The van der Waals surface area contributed by atoms with E-state index in [0.717, 1.165) is 32.1 Å². The maximum atomic E-state index is 11.7. The fourth-order valence-corrected chi connectivity index (χ4v) is 2.50. The smallest absolute Gasteiger partial charge is 0.333 e. The van der Waals surface area contributed by atoms with Crippen molar-refractivity contribution in [2.45, 2.75) is 64.9 Å². The van der Waals surface area contributed by atoms with Crippen molar-refractivity contribution in [1.82, 2.24) is 0 Å². The Balaban J connectivity index is 2.64. The molecule has 0 N–H and O–H groups in total. The van der Waals surface area contributed by atoms with E-state index in [9.17, 15) is 4.79 Å². The monoisotopic (exact) mass is 224 g/mol. The van der Waals surface area contributed by atoms with Gasteiger partial charge >= 0.3 is 5.97 Å². The highest BCUT2D eigenvalue weighted by molar-refractivity contribution is 5.87. The van der Waals surface area contributed by atoms with Gasteiger partial charge in [0, 0.05) is 5.57 Å². The van der Waals surface area contributed by atoms with Crippen molar-refractivity contribution >= 4 is 5.97 Å². The van der Waals surface area contributed by atoms with E-state index >= 15 is 0 Å². The fourth-order valence-electron chi connectivity index (χ4n) is 2.50. The Labute approximate surface area is 99.1 Å². The van der Waals surface area contributed by atoms with Gasteiger partial charge in [-0.05, 0) is 44.9 Å². The molecular formula is C14H24O2. The number of carbonyl (C=O) groups is 1. The molecule has 0 bridgehead atoms. The van der Waals surface area contributed by atoms with Gasteiger partial charge in [0.15, 0.2) is 0 Å². The summed E-state index contributed by atoms with van der Waals surface area (Å²) in [6.07, 6.45) is 6.51. The van der Waals surface area contributed by atoms with Crippen molar-refractivity contribution in [2.24, 2.45) is 5.92 Å². The van der Waals surface area contributed by atoms with Crippen molar-refractivity contribution in [1.29, 1.82) is 0 Å². The average molecular weight is 224 g/mol. The van der Waals surface area contributed by atoms with E-state index in [-0.39, 0.29) is 11.6 Å². The van der Waals surface area contributed by atoms with E-state index in [1.54, 1.807) is 6.92 Å². The Bertz CT molecular complexity index is 270. The van der Waals surface area contributed by atoms with Gasteiger partial charge in [0.05, 0.1) is 0 Å².